The number of methoxy groups -OCH3 is 3. The summed E-state index contributed by atoms with van der Waals surface area (Å²) in [6.45, 7) is 0.713. The van der Waals surface area contributed by atoms with Gasteiger partial charge in [0.05, 0.1) is 46.5 Å². The molecule has 6 aromatic rings. The molecule has 5 aromatic carbocycles. The van der Waals surface area contributed by atoms with E-state index in [9.17, 15) is 9.59 Å². The predicted molar refractivity (Wildman–Crippen MR) is 209 cm³/mol. The van der Waals surface area contributed by atoms with Gasteiger partial charge in [-0.15, -0.1) is 0 Å². The van der Waals surface area contributed by atoms with Crippen LogP contribution in [0.2, 0.25) is 0 Å². The summed E-state index contributed by atoms with van der Waals surface area (Å²) in [6, 6.07) is 45.6. The molecule has 0 aliphatic rings. The smallest absolute Gasteiger partial charge is 0.306 e. The van der Waals surface area contributed by atoms with Crippen LogP contribution in [0.3, 0.4) is 0 Å². The van der Waals surface area contributed by atoms with Gasteiger partial charge in [0.25, 0.3) is 0 Å². The number of carbonyl (C=O) groups excluding carboxylic acids is 2. The van der Waals surface area contributed by atoms with Crippen molar-refractivity contribution in [1.29, 1.82) is 0 Å². The van der Waals surface area contributed by atoms with Crippen molar-refractivity contribution < 1.29 is 38.0 Å². The fourth-order valence-electron chi connectivity index (χ4n) is 6.21. The van der Waals surface area contributed by atoms with Gasteiger partial charge >= 0.3 is 11.9 Å². The van der Waals surface area contributed by atoms with Crippen LogP contribution in [0.5, 0.6) is 17.2 Å². The molecule has 280 valence electrons. The highest BCUT2D eigenvalue weighted by molar-refractivity contribution is 5.77. The largest absolute Gasteiger partial charge is 0.497 e. The summed E-state index contributed by atoms with van der Waals surface area (Å²) in [5.74, 6) is 1.30. The number of hydrogen-bond donors (Lipinski definition) is 0. The summed E-state index contributed by atoms with van der Waals surface area (Å²) >= 11 is 0. The summed E-state index contributed by atoms with van der Waals surface area (Å²) in [6.07, 6.45) is 1.80. The van der Waals surface area contributed by atoms with Crippen LogP contribution < -0.4 is 14.2 Å². The highest BCUT2D eigenvalue weighted by Crippen LogP contribution is 2.42. The molecule has 0 atom stereocenters. The molecule has 0 saturated carbocycles. The summed E-state index contributed by atoms with van der Waals surface area (Å²) < 4.78 is 34.0. The Hall–Kier alpha value is -6.45. The van der Waals surface area contributed by atoms with E-state index in [4.69, 9.17) is 28.7 Å². The Morgan fingerprint density at radius 1 is 0.545 bits per heavy atom. The molecule has 0 bridgehead atoms. The van der Waals surface area contributed by atoms with Crippen molar-refractivity contribution in [2.45, 2.75) is 38.3 Å². The monoisotopic (exact) mass is 737 g/mol. The molecular formula is C46H43NO8. The second-order valence-electron chi connectivity index (χ2n) is 12.7. The lowest BCUT2D eigenvalue weighted by atomic mass is 9.80. The second-order valence-corrected chi connectivity index (χ2v) is 12.7. The third kappa shape index (κ3) is 9.76. The fourth-order valence-corrected chi connectivity index (χ4v) is 6.21. The second kappa shape index (κ2) is 18.5. The highest BCUT2D eigenvalue weighted by Gasteiger charge is 2.38. The molecule has 0 aliphatic carbocycles. The van der Waals surface area contributed by atoms with Gasteiger partial charge in [-0.25, -0.2) is 0 Å². The lowest BCUT2D eigenvalue weighted by molar-refractivity contribution is -0.149. The number of carbonyl (C=O) groups is 2. The van der Waals surface area contributed by atoms with E-state index >= 15 is 0 Å². The molecule has 1 aromatic heterocycles. The van der Waals surface area contributed by atoms with Gasteiger partial charge in [-0.3, -0.25) is 14.6 Å². The Balaban J connectivity index is 1.15. The van der Waals surface area contributed by atoms with E-state index in [1.165, 1.54) is 7.11 Å². The van der Waals surface area contributed by atoms with Crippen molar-refractivity contribution in [2.24, 2.45) is 0 Å². The zero-order valence-electron chi connectivity index (χ0n) is 31.1. The van der Waals surface area contributed by atoms with E-state index in [1.807, 2.05) is 134 Å². The minimum absolute atomic E-state index is 0.0114. The van der Waals surface area contributed by atoms with Crippen LogP contribution in [0.15, 0.2) is 146 Å². The van der Waals surface area contributed by atoms with Gasteiger partial charge in [0.2, 0.25) is 0 Å². The van der Waals surface area contributed by atoms with E-state index in [-0.39, 0.29) is 26.1 Å². The van der Waals surface area contributed by atoms with Crippen molar-refractivity contribution in [1.82, 2.24) is 4.98 Å². The van der Waals surface area contributed by atoms with Gasteiger partial charge in [0.1, 0.15) is 36.1 Å². The number of hydrogen-bond acceptors (Lipinski definition) is 9. The van der Waals surface area contributed by atoms with Crippen molar-refractivity contribution in [3.8, 4) is 28.5 Å². The Morgan fingerprint density at radius 2 is 1.16 bits per heavy atom. The normalized spacial score (nSPS) is 11.0. The molecule has 0 aliphatic heterocycles. The van der Waals surface area contributed by atoms with Crippen LogP contribution in [0.4, 0.5) is 0 Å². The minimum Gasteiger partial charge on any atom is -0.497 e. The number of benzene rings is 5. The number of rotatable bonds is 17. The Labute approximate surface area is 321 Å². The molecule has 1 heterocycles. The van der Waals surface area contributed by atoms with Crippen LogP contribution in [-0.2, 0) is 49.2 Å². The average Bonchev–Trinajstić information content (AvgIpc) is 3.25. The molecule has 9 nitrogen and oxygen atoms in total. The lowest BCUT2D eigenvalue weighted by Gasteiger charge is -2.36. The maximum Gasteiger partial charge on any atom is 0.306 e. The van der Waals surface area contributed by atoms with E-state index < -0.39 is 17.5 Å². The van der Waals surface area contributed by atoms with Crippen molar-refractivity contribution in [3.63, 3.8) is 0 Å². The fraction of sp³-hybridized carbons (Fsp3) is 0.196. The maximum absolute atomic E-state index is 12.0. The zero-order chi connectivity index (χ0) is 38.5. The summed E-state index contributed by atoms with van der Waals surface area (Å²) in [7, 11) is 4.60. The Morgan fingerprint density at radius 3 is 1.78 bits per heavy atom. The molecule has 0 spiro atoms. The average molecular weight is 738 g/mol. The number of ether oxygens (including phenoxy) is 6. The molecule has 0 radical (unpaired) electrons. The molecule has 0 fully saturated rings. The molecule has 9 heteroatoms. The van der Waals surface area contributed by atoms with E-state index in [0.717, 1.165) is 56.1 Å². The Bertz CT molecular complexity index is 2100. The Kier molecular flexibility index (Phi) is 12.9. The van der Waals surface area contributed by atoms with Crippen LogP contribution in [0, 0.1) is 0 Å². The van der Waals surface area contributed by atoms with Crippen molar-refractivity contribution in [2.75, 3.05) is 21.3 Å². The summed E-state index contributed by atoms with van der Waals surface area (Å²) in [4.78, 5) is 28.1. The number of pyridine rings is 1. The van der Waals surface area contributed by atoms with E-state index in [2.05, 4.69) is 16.9 Å². The molecule has 0 N–H and O–H groups in total. The zero-order valence-corrected chi connectivity index (χ0v) is 31.1. The van der Waals surface area contributed by atoms with Crippen LogP contribution >= 0.6 is 0 Å². The maximum atomic E-state index is 12.0. The van der Waals surface area contributed by atoms with Gasteiger partial charge in [-0.1, -0.05) is 91.0 Å². The van der Waals surface area contributed by atoms with Gasteiger partial charge in [0.15, 0.2) is 0 Å². The quantitative estimate of drug-likeness (QED) is 0.0671. The third-order valence-corrected chi connectivity index (χ3v) is 9.14. The van der Waals surface area contributed by atoms with Crippen LogP contribution in [0.1, 0.15) is 46.2 Å². The molecule has 0 saturated heterocycles. The van der Waals surface area contributed by atoms with Gasteiger partial charge in [0, 0.05) is 11.8 Å². The van der Waals surface area contributed by atoms with E-state index in [1.54, 1.807) is 14.2 Å². The summed E-state index contributed by atoms with van der Waals surface area (Å²) in [5.41, 5.74) is 6.30. The van der Waals surface area contributed by atoms with Gasteiger partial charge in [-0.05, 0) is 81.9 Å². The first-order chi connectivity index (χ1) is 26.9. The van der Waals surface area contributed by atoms with Gasteiger partial charge < -0.3 is 28.4 Å². The molecular weight excluding hydrogens is 695 g/mol. The minimum atomic E-state index is -0.945. The molecule has 6 rings (SSSR count). The van der Waals surface area contributed by atoms with E-state index in [0.29, 0.717) is 12.4 Å². The molecule has 55 heavy (non-hydrogen) atoms. The van der Waals surface area contributed by atoms with Crippen LogP contribution in [-0.4, -0.2) is 38.3 Å². The molecule has 0 unspecified atom stereocenters. The first kappa shape index (κ1) is 38.3. The standard InChI is InChI=1S/C46H43NO8/c1-50-40-20-16-38(17-21-40)46(37-12-5-4-6-13-37,39-18-22-41(51-2)23-19-39)55-32-35-15-24-43(47-29-35)36-11-8-14-42(28-36)53-30-33-9-7-10-34(27-33)31-54-45(49)26-25-44(48)52-3/h4-24,27-29H,25-26,30-32H2,1-3H3. The highest BCUT2D eigenvalue weighted by atomic mass is 16.5. The lowest BCUT2D eigenvalue weighted by Crippen LogP contribution is -2.32. The van der Waals surface area contributed by atoms with Crippen molar-refractivity contribution in [3.05, 3.63) is 179 Å². The SMILES string of the molecule is COC(=O)CCC(=O)OCc1cccc(COc2cccc(-c3ccc(COC(c4ccccc4)(c4ccc(OC)cc4)c4ccc(OC)cc4)cn3)c2)c1. The summed E-state index contributed by atoms with van der Waals surface area (Å²) in [5, 5.41) is 0. The first-order valence-corrected chi connectivity index (χ1v) is 17.9. The third-order valence-electron chi connectivity index (χ3n) is 9.14. The number of nitrogens with zero attached hydrogens (tertiary/aromatic N) is 1. The molecule has 0 amide bonds. The number of aromatic nitrogens is 1. The van der Waals surface area contributed by atoms with Crippen molar-refractivity contribution >= 4 is 11.9 Å². The van der Waals surface area contributed by atoms with Crippen LogP contribution in [0.25, 0.3) is 11.3 Å². The first-order valence-electron chi connectivity index (χ1n) is 17.9. The topological polar surface area (TPSA) is 102 Å². The predicted octanol–water partition coefficient (Wildman–Crippen LogP) is 8.85. The van der Waals surface area contributed by atoms with Gasteiger partial charge in [-0.2, -0.15) is 0 Å². The number of esters is 2.